The molecule has 0 unspecified atom stereocenters. The van der Waals surface area contributed by atoms with Gasteiger partial charge >= 0.3 is 5.63 Å². The van der Waals surface area contributed by atoms with Crippen LogP contribution in [-0.4, -0.2) is 20.3 Å². The average Bonchev–Trinajstić information content (AvgIpc) is 2.77. The molecule has 31 heavy (non-hydrogen) atoms. The minimum atomic E-state index is -0.521. The first-order valence-corrected chi connectivity index (χ1v) is 11.8. The molecular formula is C26H38O5. The molecule has 0 radical (unpaired) electrons. The van der Waals surface area contributed by atoms with E-state index in [-0.39, 0.29) is 5.75 Å². The van der Waals surface area contributed by atoms with Crippen molar-refractivity contribution in [3.8, 4) is 17.2 Å². The number of benzene rings is 1. The summed E-state index contributed by atoms with van der Waals surface area (Å²) in [6.07, 6.45) is 15.8. The molecular weight excluding hydrogens is 392 g/mol. The van der Waals surface area contributed by atoms with Crippen LogP contribution in [0.2, 0.25) is 0 Å². The number of rotatable bonds is 16. The molecule has 1 heterocycles. The highest BCUT2D eigenvalue weighted by Crippen LogP contribution is 2.34. The Hall–Kier alpha value is -2.43. The summed E-state index contributed by atoms with van der Waals surface area (Å²) in [6.45, 7) is 5.38. The van der Waals surface area contributed by atoms with Crippen LogP contribution in [0.25, 0.3) is 11.0 Å². The quantitative estimate of drug-likeness (QED) is 0.162. The maximum Gasteiger partial charge on any atom is 0.383 e. The van der Waals surface area contributed by atoms with Crippen molar-refractivity contribution in [1.82, 2.24) is 0 Å². The Morgan fingerprint density at radius 1 is 0.871 bits per heavy atom. The summed E-state index contributed by atoms with van der Waals surface area (Å²) in [5.41, 5.74) is -0.0881. The van der Waals surface area contributed by atoms with Crippen LogP contribution in [0.5, 0.6) is 17.2 Å². The SMILES string of the molecule is CC/C=C/CCOc1ccc2c(OC)c(OCCCCCCCCCC)c(=O)oc2c1. The number of fused-ring (bicyclic) bond motifs is 1. The van der Waals surface area contributed by atoms with E-state index in [1.165, 1.54) is 38.5 Å². The van der Waals surface area contributed by atoms with Crippen LogP contribution in [0.3, 0.4) is 0 Å². The standard InChI is InChI=1S/C26H38O5/c1-4-6-8-10-11-12-13-15-19-30-25-24(28-3)22-17-16-21(20-23(22)31-26(25)27)29-18-14-9-7-5-2/h7,9,16-17,20H,4-6,8,10-15,18-19H2,1-3H3/b9-7+. The van der Waals surface area contributed by atoms with Crippen molar-refractivity contribution in [2.24, 2.45) is 0 Å². The first-order valence-electron chi connectivity index (χ1n) is 11.8. The molecule has 2 rings (SSSR count). The third-order valence-corrected chi connectivity index (χ3v) is 5.20. The van der Waals surface area contributed by atoms with Gasteiger partial charge in [0.2, 0.25) is 5.75 Å². The van der Waals surface area contributed by atoms with Crippen LogP contribution in [0.15, 0.2) is 39.6 Å². The van der Waals surface area contributed by atoms with E-state index in [4.69, 9.17) is 18.6 Å². The molecule has 5 heteroatoms. The van der Waals surface area contributed by atoms with Gasteiger partial charge in [0.25, 0.3) is 0 Å². The van der Waals surface area contributed by atoms with Gasteiger partial charge in [-0.1, -0.05) is 70.9 Å². The van der Waals surface area contributed by atoms with Crippen LogP contribution < -0.4 is 19.8 Å². The Kier molecular flexibility index (Phi) is 11.7. The second-order valence-electron chi connectivity index (χ2n) is 7.75. The lowest BCUT2D eigenvalue weighted by Crippen LogP contribution is -2.10. The Bertz CT molecular complexity index is 853. The number of methoxy groups -OCH3 is 1. The first-order chi connectivity index (χ1) is 15.2. The second-order valence-corrected chi connectivity index (χ2v) is 7.75. The minimum Gasteiger partial charge on any atom is -0.493 e. The number of ether oxygens (including phenoxy) is 3. The second kappa shape index (κ2) is 14.6. The van der Waals surface area contributed by atoms with Gasteiger partial charge in [-0.2, -0.15) is 0 Å². The molecule has 2 aromatic rings. The summed E-state index contributed by atoms with van der Waals surface area (Å²) in [5.74, 6) is 1.23. The molecule has 0 atom stereocenters. The first kappa shape index (κ1) is 24.8. The third kappa shape index (κ3) is 8.31. The van der Waals surface area contributed by atoms with Crippen molar-refractivity contribution in [2.75, 3.05) is 20.3 Å². The Morgan fingerprint density at radius 2 is 1.61 bits per heavy atom. The zero-order valence-corrected chi connectivity index (χ0v) is 19.4. The van der Waals surface area contributed by atoms with Crippen molar-refractivity contribution in [3.63, 3.8) is 0 Å². The molecule has 0 N–H and O–H groups in total. The maximum absolute atomic E-state index is 12.5. The van der Waals surface area contributed by atoms with Gasteiger partial charge in [-0.25, -0.2) is 4.79 Å². The van der Waals surface area contributed by atoms with Gasteiger partial charge in [-0.3, -0.25) is 0 Å². The van der Waals surface area contributed by atoms with E-state index in [1.54, 1.807) is 13.2 Å². The normalized spacial score (nSPS) is 11.3. The number of hydrogen-bond acceptors (Lipinski definition) is 5. The molecule has 0 aliphatic heterocycles. The van der Waals surface area contributed by atoms with Gasteiger partial charge in [-0.15, -0.1) is 0 Å². The fourth-order valence-electron chi connectivity index (χ4n) is 3.49. The van der Waals surface area contributed by atoms with Gasteiger partial charge in [0.1, 0.15) is 11.3 Å². The van der Waals surface area contributed by atoms with Crippen LogP contribution >= 0.6 is 0 Å². The maximum atomic E-state index is 12.5. The average molecular weight is 431 g/mol. The molecule has 0 bridgehead atoms. The summed E-state index contributed by atoms with van der Waals surface area (Å²) in [5, 5.41) is 0.700. The van der Waals surface area contributed by atoms with E-state index in [9.17, 15) is 4.79 Å². The van der Waals surface area contributed by atoms with Crippen LogP contribution in [-0.2, 0) is 0 Å². The summed E-state index contributed by atoms with van der Waals surface area (Å²) in [7, 11) is 1.54. The number of allylic oxidation sites excluding steroid dienone is 1. The summed E-state index contributed by atoms with van der Waals surface area (Å²) < 4.78 is 22.5. The topological polar surface area (TPSA) is 57.9 Å². The molecule has 0 fully saturated rings. The van der Waals surface area contributed by atoms with E-state index in [0.29, 0.717) is 35.7 Å². The largest absolute Gasteiger partial charge is 0.493 e. The van der Waals surface area contributed by atoms with Crippen molar-refractivity contribution in [2.45, 2.75) is 78.1 Å². The minimum absolute atomic E-state index is 0.149. The molecule has 0 aliphatic carbocycles. The summed E-state index contributed by atoms with van der Waals surface area (Å²) in [6, 6.07) is 5.43. The highest BCUT2D eigenvalue weighted by atomic mass is 16.5. The van der Waals surface area contributed by atoms with E-state index >= 15 is 0 Å². The Labute approximate surface area is 186 Å². The lowest BCUT2D eigenvalue weighted by molar-refractivity contribution is 0.271. The van der Waals surface area contributed by atoms with Crippen LogP contribution in [0.4, 0.5) is 0 Å². The predicted octanol–water partition coefficient (Wildman–Crippen LogP) is 7.06. The number of unbranched alkanes of at least 4 members (excludes halogenated alkanes) is 7. The molecule has 0 saturated carbocycles. The molecule has 0 saturated heterocycles. The predicted molar refractivity (Wildman–Crippen MR) is 127 cm³/mol. The van der Waals surface area contributed by atoms with Gasteiger partial charge in [0, 0.05) is 6.07 Å². The van der Waals surface area contributed by atoms with Crippen molar-refractivity contribution < 1.29 is 18.6 Å². The summed E-state index contributed by atoms with van der Waals surface area (Å²) >= 11 is 0. The smallest absolute Gasteiger partial charge is 0.383 e. The van der Waals surface area contributed by atoms with Gasteiger partial charge in [0.05, 0.1) is 25.7 Å². The molecule has 172 valence electrons. The fourth-order valence-corrected chi connectivity index (χ4v) is 3.49. The van der Waals surface area contributed by atoms with Gasteiger partial charge in [-0.05, 0) is 31.4 Å². The lowest BCUT2D eigenvalue weighted by Gasteiger charge is -2.12. The van der Waals surface area contributed by atoms with Crippen LogP contribution in [0.1, 0.15) is 78.1 Å². The Morgan fingerprint density at radius 3 is 2.32 bits per heavy atom. The molecule has 0 amide bonds. The molecule has 5 nitrogen and oxygen atoms in total. The van der Waals surface area contributed by atoms with Gasteiger partial charge in [0.15, 0.2) is 5.75 Å². The molecule has 1 aromatic carbocycles. The van der Waals surface area contributed by atoms with Gasteiger partial charge < -0.3 is 18.6 Å². The van der Waals surface area contributed by atoms with Crippen molar-refractivity contribution >= 4 is 11.0 Å². The van der Waals surface area contributed by atoms with E-state index < -0.39 is 5.63 Å². The van der Waals surface area contributed by atoms with E-state index in [1.807, 2.05) is 12.1 Å². The third-order valence-electron chi connectivity index (χ3n) is 5.20. The van der Waals surface area contributed by atoms with Crippen molar-refractivity contribution in [3.05, 3.63) is 40.8 Å². The molecule has 1 aromatic heterocycles. The highest BCUT2D eigenvalue weighted by molar-refractivity contribution is 5.86. The van der Waals surface area contributed by atoms with E-state index in [2.05, 4.69) is 26.0 Å². The molecule has 0 spiro atoms. The van der Waals surface area contributed by atoms with Crippen LogP contribution in [0, 0.1) is 0 Å². The molecule has 0 aliphatic rings. The lowest BCUT2D eigenvalue weighted by atomic mass is 10.1. The fraction of sp³-hybridized carbons (Fsp3) is 0.577. The van der Waals surface area contributed by atoms with E-state index in [0.717, 1.165) is 25.7 Å². The highest BCUT2D eigenvalue weighted by Gasteiger charge is 2.17. The summed E-state index contributed by atoms with van der Waals surface area (Å²) in [4.78, 5) is 12.5. The monoisotopic (exact) mass is 430 g/mol. The zero-order chi connectivity index (χ0) is 22.3. The van der Waals surface area contributed by atoms with Crippen molar-refractivity contribution in [1.29, 1.82) is 0 Å². The zero-order valence-electron chi connectivity index (χ0n) is 19.4. The number of hydrogen-bond donors (Lipinski definition) is 0. The Balaban J connectivity index is 1.93.